The molecule has 3 aromatic rings. The van der Waals surface area contributed by atoms with Gasteiger partial charge in [0.1, 0.15) is 23.5 Å². The standard InChI is InChI=1S/C20H24N6O3S/c21-30(28)16-3-1-13-5-7-25(8-6-14(13)9-16)19-18-20(23-11-22-19)26(12-24-18)17-4-2-15(10-27)29-17/h1,3,9,11-12,15,17,27H,2,4-8,10,21H2. The fourth-order valence-electron chi connectivity index (χ4n) is 4.35. The van der Waals surface area contributed by atoms with Crippen LogP contribution in [-0.2, 0) is 28.6 Å². The molecule has 0 bridgehead atoms. The summed E-state index contributed by atoms with van der Waals surface area (Å²) < 4.78 is 19.5. The van der Waals surface area contributed by atoms with Crippen LogP contribution < -0.4 is 10.0 Å². The second-order valence-corrected chi connectivity index (χ2v) is 8.78. The van der Waals surface area contributed by atoms with Gasteiger partial charge in [-0.3, -0.25) is 4.57 Å². The summed E-state index contributed by atoms with van der Waals surface area (Å²) in [6.45, 7) is 1.61. The Labute approximate surface area is 176 Å². The normalized spacial score (nSPS) is 22.8. The first kappa shape index (κ1) is 19.6. The van der Waals surface area contributed by atoms with Gasteiger partial charge in [0.25, 0.3) is 0 Å². The molecule has 0 spiro atoms. The first-order chi connectivity index (χ1) is 14.6. The molecule has 1 saturated heterocycles. The molecule has 0 radical (unpaired) electrons. The molecule has 2 aliphatic rings. The summed E-state index contributed by atoms with van der Waals surface area (Å²) >= 11 is 0. The molecule has 1 fully saturated rings. The second kappa shape index (κ2) is 8.03. The zero-order valence-corrected chi connectivity index (χ0v) is 17.3. The Morgan fingerprint density at radius 2 is 2.00 bits per heavy atom. The SMILES string of the molecule is NS(=O)c1ccc2c(c1)CCN(c1ncnc3c1ncn3C1CCC(CO)O1)CC2. The number of hydrogen-bond donors (Lipinski definition) is 2. The Morgan fingerprint density at radius 3 is 2.77 bits per heavy atom. The highest BCUT2D eigenvalue weighted by atomic mass is 32.2. The zero-order valence-electron chi connectivity index (χ0n) is 16.5. The fourth-order valence-corrected chi connectivity index (χ4v) is 4.81. The van der Waals surface area contributed by atoms with Gasteiger partial charge in [0.15, 0.2) is 17.0 Å². The summed E-state index contributed by atoms with van der Waals surface area (Å²) in [5.74, 6) is 0.811. The molecule has 0 amide bonds. The minimum atomic E-state index is -1.47. The maximum absolute atomic E-state index is 11.6. The summed E-state index contributed by atoms with van der Waals surface area (Å²) in [4.78, 5) is 16.5. The van der Waals surface area contributed by atoms with Crippen LogP contribution in [0.5, 0.6) is 0 Å². The predicted octanol–water partition coefficient (Wildman–Crippen LogP) is 1.08. The third-order valence-electron chi connectivity index (χ3n) is 5.95. The van der Waals surface area contributed by atoms with E-state index in [1.807, 2.05) is 22.8 Å². The van der Waals surface area contributed by atoms with Crippen LogP contribution in [0.1, 0.15) is 30.2 Å². The van der Waals surface area contributed by atoms with Gasteiger partial charge in [0.2, 0.25) is 0 Å². The van der Waals surface area contributed by atoms with Gasteiger partial charge >= 0.3 is 0 Å². The maximum atomic E-state index is 11.6. The lowest BCUT2D eigenvalue weighted by molar-refractivity contribution is -0.0207. The molecule has 3 atom stereocenters. The van der Waals surface area contributed by atoms with Crippen molar-refractivity contribution in [3.8, 4) is 0 Å². The zero-order chi connectivity index (χ0) is 20.7. The van der Waals surface area contributed by atoms with Crippen LogP contribution in [0.4, 0.5) is 5.82 Å². The topological polar surface area (TPSA) is 119 Å². The number of imidazole rings is 1. The summed E-state index contributed by atoms with van der Waals surface area (Å²) in [6, 6.07) is 5.82. The minimum absolute atomic E-state index is 0.0250. The predicted molar refractivity (Wildman–Crippen MR) is 112 cm³/mol. The molecular weight excluding hydrogens is 404 g/mol. The van der Waals surface area contributed by atoms with Crippen LogP contribution in [0, 0.1) is 0 Å². The molecule has 3 N–H and O–H groups in total. The van der Waals surface area contributed by atoms with E-state index < -0.39 is 11.0 Å². The molecule has 10 heteroatoms. The number of ether oxygens (including phenoxy) is 1. The lowest BCUT2D eigenvalue weighted by atomic mass is 10.0. The summed E-state index contributed by atoms with van der Waals surface area (Å²) in [5.41, 5.74) is 3.92. The third kappa shape index (κ3) is 3.49. The Kier molecular flexibility index (Phi) is 5.23. The highest BCUT2D eigenvalue weighted by Crippen LogP contribution is 2.32. The van der Waals surface area contributed by atoms with Crippen LogP contribution in [-0.4, -0.2) is 54.6 Å². The van der Waals surface area contributed by atoms with Crippen LogP contribution in [0.2, 0.25) is 0 Å². The molecule has 158 valence electrons. The van der Waals surface area contributed by atoms with Crippen LogP contribution in [0.25, 0.3) is 11.2 Å². The van der Waals surface area contributed by atoms with Crippen molar-refractivity contribution >= 4 is 28.0 Å². The van der Waals surface area contributed by atoms with Crippen molar-refractivity contribution in [2.45, 2.75) is 42.9 Å². The lowest BCUT2D eigenvalue weighted by Crippen LogP contribution is -2.27. The van der Waals surface area contributed by atoms with Gasteiger partial charge in [-0.2, -0.15) is 0 Å². The molecule has 5 rings (SSSR count). The molecule has 2 aliphatic heterocycles. The van der Waals surface area contributed by atoms with E-state index >= 15 is 0 Å². The highest BCUT2D eigenvalue weighted by molar-refractivity contribution is 7.82. The van der Waals surface area contributed by atoms with Crippen molar-refractivity contribution in [3.05, 3.63) is 42.0 Å². The quantitative estimate of drug-likeness (QED) is 0.638. The second-order valence-electron chi connectivity index (χ2n) is 7.71. The van der Waals surface area contributed by atoms with Crippen molar-refractivity contribution in [3.63, 3.8) is 0 Å². The van der Waals surface area contributed by atoms with E-state index in [4.69, 9.17) is 9.88 Å². The highest BCUT2D eigenvalue weighted by Gasteiger charge is 2.28. The van der Waals surface area contributed by atoms with E-state index in [0.29, 0.717) is 4.90 Å². The number of anilines is 1. The third-order valence-corrected chi connectivity index (χ3v) is 6.67. The first-order valence-electron chi connectivity index (χ1n) is 10.1. The monoisotopic (exact) mass is 428 g/mol. The minimum Gasteiger partial charge on any atom is -0.394 e. The van der Waals surface area contributed by atoms with Crippen molar-refractivity contribution in [1.82, 2.24) is 19.5 Å². The van der Waals surface area contributed by atoms with E-state index in [1.165, 1.54) is 11.1 Å². The van der Waals surface area contributed by atoms with Crippen molar-refractivity contribution in [2.75, 3.05) is 24.6 Å². The Hall–Kier alpha value is -2.40. The number of aliphatic hydroxyl groups excluding tert-OH is 1. The van der Waals surface area contributed by atoms with Gasteiger partial charge in [-0.25, -0.2) is 24.3 Å². The number of nitrogens with two attached hydrogens (primary N) is 1. The Morgan fingerprint density at radius 1 is 1.17 bits per heavy atom. The molecule has 0 saturated carbocycles. The maximum Gasteiger partial charge on any atom is 0.167 e. The van der Waals surface area contributed by atoms with E-state index in [1.54, 1.807) is 12.7 Å². The van der Waals surface area contributed by atoms with E-state index in [2.05, 4.69) is 19.9 Å². The molecule has 2 aromatic heterocycles. The van der Waals surface area contributed by atoms with Crippen molar-refractivity contribution < 1.29 is 14.1 Å². The van der Waals surface area contributed by atoms with E-state index in [0.717, 1.165) is 55.8 Å². The Bertz CT molecular complexity index is 1100. The molecule has 0 aliphatic carbocycles. The molecule has 3 unspecified atom stereocenters. The lowest BCUT2D eigenvalue weighted by Gasteiger charge is -2.21. The van der Waals surface area contributed by atoms with Gasteiger partial charge in [0.05, 0.1) is 23.9 Å². The fraction of sp³-hybridized carbons (Fsp3) is 0.450. The molecule has 4 heterocycles. The van der Waals surface area contributed by atoms with Gasteiger partial charge in [-0.1, -0.05) is 6.07 Å². The van der Waals surface area contributed by atoms with E-state index in [9.17, 15) is 9.32 Å². The molecule has 9 nitrogen and oxygen atoms in total. The van der Waals surface area contributed by atoms with Gasteiger partial charge in [-0.05, 0) is 48.9 Å². The number of fused-ring (bicyclic) bond motifs is 2. The molecule has 1 aromatic carbocycles. The van der Waals surface area contributed by atoms with Crippen molar-refractivity contribution in [1.29, 1.82) is 0 Å². The number of aliphatic hydroxyl groups is 1. The number of hydrogen-bond acceptors (Lipinski definition) is 7. The summed E-state index contributed by atoms with van der Waals surface area (Å²) in [6.07, 6.45) is 6.34. The molecule has 30 heavy (non-hydrogen) atoms. The largest absolute Gasteiger partial charge is 0.394 e. The number of aromatic nitrogens is 4. The number of rotatable bonds is 4. The number of nitrogens with zero attached hydrogens (tertiary/aromatic N) is 5. The summed E-state index contributed by atoms with van der Waals surface area (Å²) in [5, 5.41) is 14.9. The average Bonchev–Trinajstić information content (AvgIpc) is 3.35. The van der Waals surface area contributed by atoms with Gasteiger partial charge < -0.3 is 14.7 Å². The smallest absolute Gasteiger partial charge is 0.167 e. The molecular formula is C20H24N6O3S. The van der Waals surface area contributed by atoms with Gasteiger partial charge in [0, 0.05) is 13.1 Å². The summed E-state index contributed by atoms with van der Waals surface area (Å²) in [7, 11) is -1.47. The van der Waals surface area contributed by atoms with Crippen molar-refractivity contribution in [2.24, 2.45) is 5.14 Å². The van der Waals surface area contributed by atoms with Crippen LogP contribution in [0.3, 0.4) is 0 Å². The van der Waals surface area contributed by atoms with E-state index in [-0.39, 0.29) is 18.9 Å². The Balaban J connectivity index is 1.42. The number of benzene rings is 1. The van der Waals surface area contributed by atoms with Crippen LogP contribution in [0.15, 0.2) is 35.7 Å². The first-order valence-corrected chi connectivity index (χ1v) is 11.3. The van der Waals surface area contributed by atoms with Crippen LogP contribution >= 0.6 is 0 Å². The van der Waals surface area contributed by atoms with Gasteiger partial charge in [-0.15, -0.1) is 0 Å². The average molecular weight is 429 g/mol.